The van der Waals surface area contributed by atoms with Gasteiger partial charge in [-0.15, -0.1) is 11.3 Å². The Morgan fingerprint density at radius 2 is 2.04 bits per heavy atom. The molecule has 6 nitrogen and oxygen atoms in total. The quantitative estimate of drug-likeness (QED) is 0.840. The van der Waals surface area contributed by atoms with Crippen LogP contribution in [0.3, 0.4) is 0 Å². The van der Waals surface area contributed by atoms with Crippen molar-refractivity contribution in [1.29, 1.82) is 0 Å². The minimum atomic E-state index is -3.45. The van der Waals surface area contributed by atoms with Crippen molar-refractivity contribution >= 4 is 27.1 Å². The van der Waals surface area contributed by atoms with Gasteiger partial charge >= 0.3 is 0 Å². The third-order valence-electron chi connectivity index (χ3n) is 4.12. The van der Waals surface area contributed by atoms with E-state index in [1.165, 1.54) is 10.7 Å². The highest BCUT2D eigenvalue weighted by Gasteiger charge is 2.36. The molecule has 1 atom stereocenters. The van der Waals surface area contributed by atoms with Crippen LogP contribution in [-0.4, -0.2) is 31.6 Å². The molecule has 0 unspecified atom stereocenters. The number of hydrogen-bond donors (Lipinski definition) is 0. The zero-order chi connectivity index (χ0) is 16.9. The summed E-state index contributed by atoms with van der Waals surface area (Å²) in [6, 6.07) is 7.27. The lowest BCUT2D eigenvalue weighted by molar-refractivity contribution is 0.174. The Kier molecular flexibility index (Phi) is 3.54. The van der Waals surface area contributed by atoms with Crippen LogP contribution in [-0.2, 0) is 10.0 Å². The minimum absolute atomic E-state index is 0.206. The first-order chi connectivity index (χ1) is 11.4. The fourth-order valence-electron chi connectivity index (χ4n) is 2.97. The first-order valence-electron chi connectivity index (χ1n) is 7.44. The van der Waals surface area contributed by atoms with Crippen LogP contribution in [0.25, 0.3) is 0 Å². The molecule has 2 aliphatic heterocycles. The maximum Gasteiger partial charge on any atom is 0.247 e. The maximum atomic E-state index is 12.2. The number of rotatable bonds is 3. The summed E-state index contributed by atoms with van der Waals surface area (Å²) in [7, 11) is -3.45. The van der Waals surface area contributed by atoms with Crippen LogP contribution >= 0.6 is 11.3 Å². The number of aryl methyl sites for hydroxylation is 1. The molecule has 0 spiro atoms. The fraction of sp³-hybridized carbons (Fsp3) is 0.312. The molecule has 0 radical (unpaired) electrons. The maximum absolute atomic E-state index is 12.2. The number of hydrazone groups is 1. The third kappa shape index (κ3) is 2.55. The van der Waals surface area contributed by atoms with Crippen molar-refractivity contribution in [2.75, 3.05) is 13.0 Å². The molecule has 8 heteroatoms. The molecular formula is C16H16N2O4S2. The van der Waals surface area contributed by atoms with E-state index < -0.39 is 10.0 Å². The molecule has 0 fully saturated rings. The minimum Gasteiger partial charge on any atom is -0.454 e. The van der Waals surface area contributed by atoms with Crippen molar-refractivity contribution in [2.24, 2.45) is 5.10 Å². The fourth-order valence-corrected chi connectivity index (χ4v) is 4.94. The Morgan fingerprint density at radius 1 is 1.25 bits per heavy atom. The Balaban J connectivity index is 1.74. The normalized spacial score (nSPS) is 19.7. The van der Waals surface area contributed by atoms with Gasteiger partial charge in [0.1, 0.15) is 6.04 Å². The third-order valence-corrected chi connectivity index (χ3v) is 6.26. The van der Waals surface area contributed by atoms with E-state index in [-0.39, 0.29) is 12.8 Å². The monoisotopic (exact) mass is 364 g/mol. The molecule has 0 saturated carbocycles. The number of hydrogen-bond acceptors (Lipinski definition) is 6. The molecule has 1 aromatic heterocycles. The van der Waals surface area contributed by atoms with Gasteiger partial charge in [-0.05, 0) is 42.1 Å². The zero-order valence-corrected chi connectivity index (χ0v) is 14.9. The predicted octanol–water partition coefficient (Wildman–Crippen LogP) is 2.90. The van der Waals surface area contributed by atoms with Gasteiger partial charge in [-0.3, -0.25) is 0 Å². The lowest BCUT2D eigenvalue weighted by Gasteiger charge is -2.20. The summed E-state index contributed by atoms with van der Waals surface area (Å²) in [6.07, 6.45) is 1.73. The zero-order valence-electron chi connectivity index (χ0n) is 13.2. The van der Waals surface area contributed by atoms with Gasteiger partial charge < -0.3 is 9.47 Å². The molecule has 0 amide bonds. The summed E-state index contributed by atoms with van der Waals surface area (Å²) in [5, 5.41) is 6.38. The molecule has 0 bridgehead atoms. The number of nitrogens with zero attached hydrogens (tertiary/aromatic N) is 2. The molecule has 0 aliphatic carbocycles. The Hall–Kier alpha value is -2.06. The molecule has 0 N–H and O–H groups in total. The average Bonchev–Trinajstić information content (AvgIpc) is 3.23. The lowest BCUT2D eigenvalue weighted by Crippen LogP contribution is -2.25. The second-order valence-corrected chi connectivity index (χ2v) is 8.63. The van der Waals surface area contributed by atoms with E-state index in [0.29, 0.717) is 17.9 Å². The summed E-state index contributed by atoms with van der Waals surface area (Å²) < 4.78 is 36.3. The van der Waals surface area contributed by atoms with E-state index in [4.69, 9.17) is 9.47 Å². The standard InChI is InChI=1S/C16H16N2O4S2/c1-10-5-6-23-16(10)13-8-12(17-18(13)24(2,19)20)11-3-4-14-15(7-11)22-9-21-14/h3-7,13H,8-9H2,1-2H3/t13-/m0/s1. The first kappa shape index (κ1) is 15.5. The highest BCUT2D eigenvalue weighted by molar-refractivity contribution is 7.88. The molecule has 126 valence electrons. The van der Waals surface area contributed by atoms with Crippen LogP contribution in [0.4, 0.5) is 0 Å². The topological polar surface area (TPSA) is 68.2 Å². The average molecular weight is 364 g/mol. The molecule has 3 heterocycles. The van der Waals surface area contributed by atoms with Crippen LogP contribution in [0.1, 0.15) is 28.5 Å². The first-order valence-corrected chi connectivity index (χ1v) is 10.2. The van der Waals surface area contributed by atoms with Gasteiger partial charge in [0.05, 0.1) is 12.0 Å². The van der Waals surface area contributed by atoms with Crippen LogP contribution < -0.4 is 9.47 Å². The van der Waals surface area contributed by atoms with Crippen LogP contribution in [0.5, 0.6) is 11.5 Å². The summed E-state index contributed by atoms with van der Waals surface area (Å²) in [6.45, 7) is 2.20. The highest BCUT2D eigenvalue weighted by atomic mass is 32.2. The summed E-state index contributed by atoms with van der Waals surface area (Å²) in [4.78, 5) is 1.03. The second kappa shape index (κ2) is 5.49. The lowest BCUT2D eigenvalue weighted by atomic mass is 10.0. The smallest absolute Gasteiger partial charge is 0.247 e. The van der Waals surface area contributed by atoms with Gasteiger partial charge in [0.2, 0.25) is 16.8 Å². The van der Waals surface area contributed by atoms with Crippen LogP contribution in [0.15, 0.2) is 34.7 Å². The molecular weight excluding hydrogens is 348 g/mol. The van der Waals surface area contributed by atoms with Crippen molar-refractivity contribution in [3.05, 3.63) is 45.6 Å². The Morgan fingerprint density at radius 3 is 2.75 bits per heavy atom. The largest absolute Gasteiger partial charge is 0.454 e. The number of thiophene rings is 1. The molecule has 2 aromatic rings. The Bertz CT molecular complexity index is 933. The van der Waals surface area contributed by atoms with E-state index in [9.17, 15) is 8.42 Å². The van der Waals surface area contributed by atoms with E-state index in [0.717, 1.165) is 21.7 Å². The molecule has 2 aliphatic rings. The van der Waals surface area contributed by atoms with E-state index in [1.54, 1.807) is 11.3 Å². The summed E-state index contributed by atoms with van der Waals surface area (Å²) in [5.41, 5.74) is 2.67. The van der Waals surface area contributed by atoms with Crippen LogP contribution in [0, 0.1) is 6.92 Å². The van der Waals surface area contributed by atoms with Crippen molar-refractivity contribution in [3.63, 3.8) is 0 Å². The van der Waals surface area contributed by atoms with Crippen molar-refractivity contribution in [2.45, 2.75) is 19.4 Å². The van der Waals surface area contributed by atoms with E-state index >= 15 is 0 Å². The molecule has 0 saturated heterocycles. The summed E-state index contributed by atoms with van der Waals surface area (Å²) >= 11 is 1.56. The van der Waals surface area contributed by atoms with Gasteiger partial charge in [-0.25, -0.2) is 8.42 Å². The van der Waals surface area contributed by atoms with Gasteiger partial charge in [-0.1, -0.05) is 0 Å². The van der Waals surface area contributed by atoms with Crippen molar-refractivity contribution < 1.29 is 17.9 Å². The molecule has 1 aromatic carbocycles. The number of ether oxygens (including phenoxy) is 2. The number of benzene rings is 1. The van der Waals surface area contributed by atoms with Crippen molar-refractivity contribution in [1.82, 2.24) is 4.41 Å². The SMILES string of the molecule is Cc1ccsc1[C@@H]1CC(c2ccc3c(c2)OCO3)=NN1S(C)(=O)=O. The van der Waals surface area contributed by atoms with E-state index in [2.05, 4.69) is 5.10 Å². The highest BCUT2D eigenvalue weighted by Crippen LogP contribution is 2.40. The Labute approximate surface area is 144 Å². The van der Waals surface area contributed by atoms with E-state index in [1.807, 2.05) is 36.6 Å². The van der Waals surface area contributed by atoms with Gasteiger partial charge in [-0.2, -0.15) is 9.52 Å². The predicted molar refractivity (Wildman–Crippen MR) is 92.2 cm³/mol. The second-order valence-electron chi connectivity index (χ2n) is 5.84. The number of fused-ring (bicyclic) bond motifs is 1. The van der Waals surface area contributed by atoms with Gasteiger partial charge in [0.25, 0.3) is 0 Å². The van der Waals surface area contributed by atoms with Crippen LogP contribution in [0.2, 0.25) is 0 Å². The summed E-state index contributed by atoms with van der Waals surface area (Å²) in [5.74, 6) is 1.36. The van der Waals surface area contributed by atoms with Gasteiger partial charge in [0, 0.05) is 16.9 Å². The molecule has 24 heavy (non-hydrogen) atoms. The molecule has 4 rings (SSSR count). The van der Waals surface area contributed by atoms with Gasteiger partial charge in [0.15, 0.2) is 11.5 Å². The number of sulfonamides is 1. The van der Waals surface area contributed by atoms with Crippen molar-refractivity contribution in [3.8, 4) is 11.5 Å².